The van der Waals surface area contributed by atoms with Crippen LogP contribution in [0, 0.1) is 0 Å². The smallest absolute Gasteiger partial charge is 0.276 e. The Kier molecular flexibility index (Phi) is 5.85. The first kappa shape index (κ1) is 18.9. The molecule has 148 valence electrons. The van der Waals surface area contributed by atoms with E-state index in [4.69, 9.17) is 0 Å². The highest BCUT2D eigenvalue weighted by molar-refractivity contribution is 7.10. The van der Waals surface area contributed by atoms with Crippen LogP contribution in [0.2, 0.25) is 0 Å². The zero-order valence-corrected chi connectivity index (χ0v) is 16.6. The van der Waals surface area contributed by atoms with Gasteiger partial charge in [0, 0.05) is 30.1 Å². The van der Waals surface area contributed by atoms with Crippen LogP contribution in [0.5, 0.6) is 0 Å². The van der Waals surface area contributed by atoms with Crippen molar-refractivity contribution in [2.24, 2.45) is 0 Å². The Morgan fingerprint density at radius 1 is 1.18 bits per heavy atom. The van der Waals surface area contributed by atoms with E-state index in [9.17, 15) is 9.59 Å². The van der Waals surface area contributed by atoms with Gasteiger partial charge in [-0.15, -0.1) is 16.4 Å². The number of nitrogens with zero attached hydrogens (tertiary/aromatic N) is 4. The van der Waals surface area contributed by atoms with E-state index in [1.807, 2.05) is 33.2 Å². The minimum atomic E-state index is -0.0453. The zero-order chi connectivity index (χ0) is 19.3. The molecule has 8 heteroatoms. The Bertz CT molecular complexity index is 831. The van der Waals surface area contributed by atoms with E-state index in [1.54, 1.807) is 23.6 Å². The lowest BCUT2D eigenvalue weighted by Crippen LogP contribution is -2.37. The van der Waals surface area contributed by atoms with Crippen molar-refractivity contribution in [3.05, 3.63) is 40.4 Å². The van der Waals surface area contributed by atoms with Crippen LogP contribution >= 0.6 is 11.3 Å². The number of carbonyl (C=O) groups is 2. The molecule has 1 saturated carbocycles. The van der Waals surface area contributed by atoms with Crippen LogP contribution in [-0.4, -0.2) is 50.8 Å². The van der Waals surface area contributed by atoms with Gasteiger partial charge in [0.25, 0.3) is 5.91 Å². The third kappa shape index (κ3) is 4.49. The van der Waals surface area contributed by atoms with E-state index in [-0.39, 0.29) is 23.9 Å². The fraction of sp³-hybridized carbons (Fsp3) is 0.500. The predicted octanol–water partition coefficient (Wildman–Crippen LogP) is 2.89. The summed E-state index contributed by atoms with van der Waals surface area (Å²) in [5, 5.41) is 13.4. The van der Waals surface area contributed by atoms with Crippen molar-refractivity contribution < 1.29 is 9.59 Å². The number of thiophene rings is 1. The molecule has 0 unspecified atom stereocenters. The summed E-state index contributed by atoms with van der Waals surface area (Å²) < 4.78 is 1.83. The number of carbonyl (C=O) groups excluding carboxylic acids is 2. The van der Waals surface area contributed by atoms with Crippen molar-refractivity contribution >= 4 is 29.2 Å². The van der Waals surface area contributed by atoms with Crippen molar-refractivity contribution in [2.45, 2.75) is 50.6 Å². The molecule has 2 aromatic heterocycles. The Morgan fingerprint density at radius 2 is 1.96 bits per heavy atom. The maximum Gasteiger partial charge on any atom is 0.276 e. The summed E-state index contributed by atoms with van der Waals surface area (Å²) in [5.74, 6) is -0.0571. The molecule has 1 aliphatic heterocycles. The molecule has 2 fully saturated rings. The molecule has 0 aromatic carbocycles. The quantitative estimate of drug-likeness (QED) is 0.784. The Labute approximate surface area is 168 Å². The molecule has 0 bridgehead atoms. The third-order valence-corrected chi connectivity index (χ3v) is 6.32. The van der Waals surface area contributed by atoms with Crippen molar-refractivity contribution in [3.63, 3.8) is 0 Å². The standard InChI is InChI=1S/C20H25N5O2S/c26-19(10-9-17-4-3-13-28-17)21-15-5-7-16(8-6-15)25-14-18(22-23-25)20(27)24-11-1-2-12-24/h3-4,9-10,13-16H,1-2,5-8,11-12H2,(H,21,26)/b10-9+. The van der Waals surface area contributed by atoms with Crippen LogP contribution in [-0.2, 0) is 4.79 Å². The number of likely N-dealkylation sites (tertiary alicyclic amines) is 1. The van der Waals surface area contributed by atoms with Gasteiger partial charge in [-0.1, -0.05) is 11.3 Å². The molecule has 0 atom stereocenters. The van der Waals surface area contributed by atoms with Crippen molar-refractivity contribution in [1.29, 1.82) is 0 Å². The summed E-state index contributed by atoms with van der Waals surface area (Å²) in [4.78, 5) is 27.4. The fourth-order valence-corrected chi connectivity index (χ4v) is 4.53. The van der Waals surface area contributed by atoms with Crippen LogP contribution < -0.4 is 5.32 Å². The highest BCUT2D eigenvalue weighted by atomic mass is 32.1. The first-order valence-electron chi connectivity index (χ1n) is 9.92. The molecule has 7 nitrogen and oxygen atoms in total. The van der Waals surface area contributed by atoms with Gasteiger partial charge in [-0.25, -0.2) is 4.68 Å². The average molecular weight is 400 g/mol. The summed E-state index contributed by atoms with van der Waals surface area (Å²) in [7, 11) is 0. The van der Waals surface area contributed by atoms with Crippen molar-refractivity contribution in [3.8, 4) is 0 Å². The van der Waals surface area contributed by atoms with E-state index >= 15 is 0 Å². The topological polar surface area (TPSA) is 80.1 Å². The first-order chi connectivity index (χ1) is 13.7. The number of hydrogen-bond acceptors (Lipinski definition) is 5. The van der Waals surface area contributed by atoms with E-state index < -0.39 is 0 Å². The van der Waals surface area contributed by atoms with Gasteiger partial charge < -0.3 is 10.2 Å². The molecule has 1 N–H and O–H groups in total. The van der Waals surface area contributed by atoms with Gasteiger partial charge in [0.1, 0.15) is 0 Å². The minimum Gasteiger partial charge on any atom is -0.350 e. The summed E-state index contributed by atoms with van der Waals surface area (Å²) in [6.07, 6.45) is 11.0. The highest BCUT2D eigenvalue weighted by Gasteiger charge is 2.26. The molecular weight excluding hydrogens is 374 g/mol. The molecule has 0 spiro atoms. The molecule has 28 heavy (non-hydrogen) atoms. The van der Waals surface area contributed by atoms with Gasteiger partial charge in [0.05, 0.1) is 12.2 Å². The molecule has 1 saturated heterocycles. The summed E-state index contributed by atoms with van der Waals surface area (Å²) in [5.41, 5.74) is 0.441. The minimum absolute atomic E-state index is 0.0118. The van der Waals surface area contributed by atoms with Crippen molar-refractivity contribution in [2.75, 3.05) is 13.1 Å². The van der Waals surface area contributed by atoms with Crippen LogP contribution in [0.25, 0.3) is 6.08 Å². The predicted molar refractivity (Wildman–Crippen MR) is 108 cm³/mol. The summed E-state index contributed by atoms with van der Waals surface area (Å²) >= 11 is 1.61. The molecular formula is C20H25N5O2S. The van der Waals surface area contributed by atoms with Gasteiger partial charge in [0.2, 0.25) is 5.91 Å². The van der Waals surface area contributed by atoms with Crippen molar-refractivity contribution in [1.82, 2.24) is 25.2 Å². The van der Waals surface area contributed by atoms with Crippen LogP contribution in [0.4, 0.5) is 0 Å². The van der Waals surface area contributed by atoms with E-state index in [0.29, 0.717) is 5.69 Å². The molecule has 2 amide bonds. The number of amides is 2. The normalized spacial score (nSPS) is 22.6. The molecule has 2 aromatic rings. The number of nitrogens with one attached hydrogen (secondary N) is 1. The Morgan fingerprint density at radius 3 is 2.68 bits per heavy atom. The second-order valence-corrected chi connectivity index (χ2v) is 8.43. The fourth-order valence-electron chi connectivity index (χ4n) is 3.91. The zero-order valence-electron chi connectivity index (χ0n) is 15.8. The maximum absolute atomic E-state index is 12.4. The Hall–Kier alpha value is -2.48. The van der Waals surface area contributed by atoms with Crippen LogP contribution in [0.3, 0.4) is 0 Å². The summed E-state index contributed by atoms with van der Waals surface area (Å²) in [6, 6.07) is 4.38. The maximum atomic E-state index is 12.4. The van der Waals surface area contributed by atoms with E-state index in [2.05, 4.69) is 15.6 Å². The summed E-state index contributed by atoms with van der Waals surface area (Å²) in [6.45, 7) is 1.63. The molecule has 2 aliphatic rings. The number of rotatable bonds is 5. The monoisotopic (exact) mass is 399 g/mol. The van der Waals surface area contributed by atoms with Gasteiger partial charge in [0.15, 0.2) is 5.69 Å². The molecule has 1 aliphatic carbocycles. The Balaban J connectivity index is 1.26. The second-order valence-electron chi connectivity index (χ2n) is 7.45. The second kappa shape index (κ2) is 8.68. The van der Waals surface area contributed by atoms with Crippen LogP contribution in [0.15, 0.2) is 29.8 Å². The SMILES string of the molecule is O=C(/C=C/c1cccs1)NC1CCC(n2cc(C(=O)N3CCCC3)nn2)CC1. The number of aromatic nitrogens is 3. The van der Waals surface area contributed by atoms with Gasteiger partial charge in [-0.3, -0.25) is 9.59 Å². The van der Waals surface area contributed by atoms with Gasteiger partial charge in [-0.05, 0) is 56.0 Å². The highest BCUT2D eigenvalue weighted by Crippen LogP contribution is 2.28. The average Bonchev–Trinajstić information content (AvgIpc) is 3.49. The lowest BCUT2D eigenvalue weighted by molar-refractivity contribution is -0.117. The lowest BCUT2D eigenvalue weighted by Gasteiger charge is -2.28. The third-order valence-electron chi connectivity index (χ3n) is 5.48. The van der Waals surface area contributed by atoms with Gasteiger partial charge >= 0.3 is 0 Å². The first-order valence-corrected chi connectivity index (χ1v) is 10.8. The largest absolute Gasteiger partial charge is 0.350 e. The van der Waals surface area contributed by atoms with Gasteiger partial charge in [-0.2, -0.15) is 0 Å². The van der Waals surface area contributed by atoms with Crippen LogP contribution in [0.1, 0.15) is 59.9 Å². The molecule has 3 heterocycles. The molecule has 0 radical (unpaired) electrons. The van der Waals surface area contributed by atoms with E-state index in [0.717, 1.165) is 56.5 Å². The van der Waals surface area contributed by atoms with E-state index in [1.165, 1.54) is 0 Å². The number of hydrogen-bond donors (Lipinski definition) is 1. The molecule has 4 rings (SSSR count). The lowest BCUT2D eigenvalue weighted by atomic mass is 9.91.